The number of amides is 1. The van der Waals surface area contributed by atoms with Crippen LogP contribution in [-0.2, 0) is 4.79 Å². The fraction of sp³-hybridized carbons (Fsp3) is 0.567. The summed E-state index contributed by atoms with van der Waals surface area (Å²) in [7, 11) is 0. The second-order valence-electron chi connectivity index (χ2n) is 12.5. The number of nitrogens with one attached hydrogen (secondary N) is 2. The van der Waals surface area contributed by atoms with Crippen LogP contribution in [0.1, 0.15) is 78.5 Å². The Morgan fingerprint density at radius 3 is 2.67 bits per heavy atom. The highest BCUT2D eigenvalue weighted by molar-refractivity contribution is 7.19. The van der Waals surface area contributed by atoms with Crippen LogP contribution in [0.15, 0.2) is 12.5 Å². The normalized spacial score (nSPS) is 26.8. The number of nitrogens with zero attached hydrogens (tertiary/aromatic N) is 4. The van der Waals surface area contributed by atoms with E-state index in [4.69, 9.17) is 0 Å². The SMILES string of the molecule is Cc1c(-c2[nH]c3sc([C@@H]4CC5C[C@H]4CN5CC(=O)N[C@H]4C[C@H](O)C4)c(C)c3c2C(C)C)cn2ncnc2c1C. The Kier molecular flexibility index (Phi) is 5.92. The van der Waals surface area contributed by atoms with Gasteiger partial charge in [-0.25, -0.2) is 9.50 Å². The van der Waals surface area contributed by atoms with Crippen LogP contribution in [0.5, 0.6) is 0 Å². The van der Waals surface area contributed by atoms with E-state index >= 15 is 0 Å². The summed E-state index contributed by atoms with van der Waals surface area (Å²) in [5, 5.41) is 18.4. The molecule has 2 aliphatic carbocycles. The van der Waals surface area contributed by atoms with Crippen LogP contribution in [0.2, 0.25) is 0 Å². The first kappa shape index (κ1) is 25.2. The van der Waals surface area contributed by atoms with Gasteiger partial charge >= 0.3 is 0 Å². The Hall–Kier alpha value is -2.75. The Morgan fingerprint density at radius 1 is 1.18 bits per heavy atom. The summed E-state index contributed by atoms with van der Waals surface area (Å²) >= 11 is 1.95. The molecule has 1 saturated heterocycles. The fourth-order valence-electron chi connectivity index (χ4n) is 7.57. The lowest BCUT2D eigenvalue weighted by Gasteiger charge is -2.34. The number of hydrogen-bond donors (Lipinski definition) is 3. The van der Waals surface area contributed by atoms with Gasteiger partial charge < -0.3 is 15.4 Å². The number of carbonyl (C=O) groups excluding carboxylic acids is 1. The molecule has 3 fully saturated rings. The van der Waals surface area contributed by atoms with E-state index in [1.54, 1.807) is 6.33 Å². The van der Waals surface area contributed by atoms with Crippen LogP contribution in [0.3, 0.4) is 0 Å². The van der Waals surface area contributed by atoms with Gasteiger partial charge in [0.15, 0.2) is 5.65 Å². The van der Waals surface area contributed by atoms with E-state index in [9.17, 15) is 9.90 Å². The number of pyridine rings is 1. The minimum absolute atomic E-state index is 0.111. The molecule has 2 saturated carbocycles. The number of carbonyl (C=O) groups is 1. The highest BCUT2D eigenvalue weighted by Crippen LogP contribution is 2.53. The maximum Gasteiger partial charge on any atom is 0.234 e. The van der Waals surface area contributed by atoms with Crippen LogP contribution < -0.4 is 5.32 Å². The molecule has 0 aromatic carbocycles. The molecule has 5 heterocycles. The third-order valence-corrected chi connectivity index (χ3v) is 11.1. The van der Waals surface area contributed by atoms with Gasteiger partial charge in [0, 0.05) is 40.7 Å². The molecule has 4 aromatic rings. The number of fused-ring (bicyclic) bond motifs is 4. The van der Waals surface area contributed by atoms with Gasteiger partial charge in [0.25, 0.3) is 0 Å². The molecular formula is C30H38N6O2S. The van der Waals surface area contributed by atoms with Crippen LogP contribution in [0, 0.1) is 26.7 Å². The summed E-state index contributed by atoms with van der Waals surface area (Å²) in [6, 6.07) is 0.639. The van der Waals surface area contributed by atoms with Crippen LogP contribution in [-0.4, -0.2) is 66.8 Å². The first-order valence-electron chi connectivity index (χ1n) is 14.4. The summed E-state index contributed by atoms with van der Waals surface area (Å²) < 4.78 is 1.89. The van der Waals surface area contributed by atoms with E-state index in [0.29, 0.717) is 43.2 Å². The van der Waals surface area contributed by atoms with E-state index in [1.165, 1.54) is 55.0 Å². The first-order valence-corrected chi connectivity index (χ1v) is 15.2. The van der Waals surface area contributed by atoms with Crippen molar-refractivity contribution >= 4 is 33.1 Å². The number of aromatic nitrogens is 4. The van der Waals surface area contributed by atoms with Crippen molar-refractivity contribution in [1.29, 1.82) is 0 Å². The monoisotopic (exact) mass is 546 g/mol. The molecule has 1 amide bonds. The topological polar surface area (TPSA) is 98.5 Å². The minimum Gasteiger partial charge on any atom is -0.393 e. The zero-order valence-electron chi connectivity index (χ0n) is 23.4. The number of aliphatic hydroxyl groups is 1. The minimum atomic E-state index is -0.239. The molecule has 3 N–H and O–H groups in total. The second-order valence-corrected chi connectivity index (χ2v) is 13.5. The van der Waals surface area contributed by atoms with Crippen LogP contribution in [0.25, 0.3) is 27.1 Å². The number of hydrogen-bond acceptors (Lipinski definition) is 6. The number of H-pyrrole nitrogens is 1. The van der Waals surface area contributed by atoms with Crippen molar-refractivity contribution in [1.82, 2.24) is 29.8 Å². The molecule has 3 aliphatic rings. The van der Waals surface area contributed by atoms with E-state index in [0.717, 1.165) is 18.6 Å². The molecule has 1 aliphatic heterocycles. The van der Waals surface area contributed by atoms with E-state index < -0.39 is 0 Å². The standard InChI is InChI=1S/C30H38N6O2S/c1-14(2)25-26-17(5)28(22-9-20-6-18(22)10-35(20)12-24(38)33-19-7-21(37)8-19)39-30(26)34-27(25)23-11-36-29(31-13-32-36)16(4)15(23)3/h11,13-14,18-22,34,37H,6-10,12H2,1-5H3,(H,33,38)/t18-,19-,20?,21-,22+/m0/s1. The summed E-state index contributed by atoms with van der Waals surface area (Å²) in [6.07, 6.45) is 7.21. The second kappa shape index (κ2) is 9.14. The number of aryl methyl sites for hydroxylation is 2. The van der Waals surface area contributed by atoms with Gasteiger partial charge in [-0.1, -0.05) is 13.8 Å². The fourth-order valence-corrected chi connectivity index (χ4v) is 9.00. The van der Waals surface area contributed by atoms with Gasteiger partial charge in [-0.05, 0) is 86.5 Å². The molecule has 3 atom stereocenters. The Bertz CT molecular complexity index is 1590. The molecule has 4 aromatic heterocycles. The number of aliphatic hydroxyl groups excluding tert-OH is 1. The molecule has 0 spiro atoms. The number of aromatic amines is 1. The molecule has 7 rings (SSSR count). The van der Waals surface area contributed by atoms with Crippen LogP contribution in [0.4, 0.5) is 0 Å². The summed E-state index contributed by atoms with van der Waals surface area (Å²) in [4.78, 5) is 26.1. The lowest BCUT2D eigenvalue weighted by atomic mass is 9.88. The van der Waals surface area contributed by atoms with Gasteiger partial charge in [0.05, 0.1) is 18.3 Å². The van der Waals surface area contributed by atoms with Crippen molar-refractivity contribution in [3.63, 3.8) is 0 Å². The zero-order valence-corrected chi connectivity index (χ0v) is 24.2. The van der Waals surface area contributed by atoms with Gasteiger partial charge in [-0.2, -0.15) is 5.10 Å². The Balaban J connectivity index is 1.16. The summed E-state index contributed by atoms with van der Waals surface area (Å²) in [5.41, 5.74) is 8.57. The number of piperidine rings is 1. The average Bonchev–Trinajstić information content (AvgIpc) is 3.67. The van der Waals surface area contributed by atoms with Crippen molar-refractivity contribution in [3.05, 3.63) is 39.7 Å². The predicted molar refractivity (Wildman–Crippen MR) is 154 cm³/mol. The lowest BCUT2D eigenvalue weighted by molar-refractivity contribution is -0.124. The Morgan fingerprint density at radius 2 is 1.97 bits per heavy atom. The lowest BCUT2D eigenvalue weighted by Crippen LogP contribution is -2.50. The molecule has 9 heteroatoms. The third kappa shape index (κ3) is 3.96. The largest absolute Gasteiger partial charge is 0.393 e. The molecule has 206 valence electrons. The molecule has 39 heavy (non-hydrogen) atoms. The average molecular weight is 547 g/mol. The van der Waals surface area contributed by atoms with E-state index in [-0.39, 0.29) is 18.1 Å². The maximum absolute atomic E-state index is 12.6. The van der Waals surface area contributed by atoms with Gasteiger partial charge in [-0.15, -0.1) is 11.3 Å². The molecular weight excluding hydrogens is 508 g/mol. The first-order chi connectivity index (χ1) is 18.7. The summed E-state index contributed by atoms with van der Waals surface area (Å²) in [5.74, 6) is 1.67. The number of rotatable bonds is 6. The molecule has 1 unspecified atom stereocenters. The van der Waals surface area contributed by atoms with E-state index in [2.05, 4.69) is 66.1 Å². The van der Waals surface area contributed by atoms with Gasteiger partial charge in [0.2, 0.25) is 5.91 Å². The molecule has 0 radical (unpaired) electrons. The van der Waals surface area contributed by atoms with Crippen molar-refractivity contribution in [2.24, 2.45) is 5.92 Å². The van der Waals surface area contributed by atoms with Crippen molar-refractivity contribution < 1.29 is 9.90 Å². The van der Waals surface area contributed by atoms with Crippen molar-refractivity contribution in [2.45, 2.75) is 90.3 Å². The smallest absolute Gasteiger partial charge is 0.234 e. The molecule has 2 bridgehead atoms. The zero-order chi connectivity index (χ0) is 27.2. The van der Waals surface area contributed by atoms with Crippen LogP contribution >= 0.6 is 11.3 Å². The predicted octanol–water partition coefficient (Wildman–Crippen LogP) is 4.81. The maximum atomic E-state index is 12.6. The third-order valence-electron chi connectivity index (χ3n) is 9.75. The molecule has 8 nitrogen and oxygen atoms in total. The highest BCUT2D eigenvalue weighted by atomic mass is 32.1. The highest BCUT2D eigenvalue weighted by Gasteiger charge is 2.47. The summed E-state index contributed by atoms with van der Waals surface area (Å²) in [6.45, 7) is 12.7. The number of likely N-dealkylation sites (tertiary alicyclic amines) is 1. The quantitative estimate of drug-likeness (QED) is 0.323. The van der Waals surface area contributed by atoms with Crippen molar-refractivity contribution in [2.75, 3.05) is 13.1 Å². The van der Waals surface area contributed by atoms with Crippen molar-refractivity contribution in [3.8, 4) is 11.3 Å². The number of thiophene rings is 1. The Labute approximate surface area is 232 Å². The van der Waals surface area contributed by atoms with Gasteiger partial charge in [-0.3, -0.25) is 9.69 Å². The van der Waals surface area contributed by atoms with Gasteiger partial charge in [0.1, 0.15) is 11.2 Å². The van der Waals surface area contributed by atoms with E-state index in [1.807, 2.05) is 15.9 Å².